The van der Waals surface area contributed by atoms with E-state index in [2.05, 4.69) is 173 Å². The third-order valence-corrected chi connectivity index (χ3v) is 11.3. The van der Waals surface area contributed by atoms with Gasteiger partial charge in [0.15, 0.2) is 0 Å². The van der Waals surface area contributed by atoms with Crippen molar-refractivity contribution >= 4 is 103 Å². The van der Waals surface area contributed by atoms with Gasteiger partial charge in [-0.15, -0.1) is 11.3 Å². The zero-order chi connectivity index (χ0) is 32.8. The van der Waals surface area contributed by atoms with Gasteiger partial charge in [-0.2, -0.15) is 0 Å². The molecule has 11 aromatic rings. The predicted octanol–water partition coefficient (Wildman–Crippen LogP) is 13.7. The number of anilines is 3. The van der Waals surface area contributed by atoms with E-state index in [1.165, 1.54) is 42.0 Å². The molecule has 0 spiro atoms. The maximum atomic E-state index is 6.54. The molecule has 11 rings (SSSR count). The summed E-state index contributed by atoms with van der Waals surface area (Å²) in [6.45, 7) is 0. The first-order valence-electron chi connectivity index (χ1n) is 16.9. The Morgan fingerprint density at radius 1 is 0.420 bits per heavy atom. The van der Waals surface area contributed by atoms with Gasteiger partial charge in [-0.3, -0.25) is 0 Å². The molecular weight excluding hydrogens is 629 g/mol. The fourth-order valence-electron chi connectivity index (χ4n) is 7.95. The van der Waals surface area contributed by atoms with E-state index >= 15 is 0 Å². The molecule has 50 heavy (non-hydrogen) atoms. The van der Waals surface area contributed by atoms with Crippen LogP contribution in [0.1, 0.15) is 0 Å². The monoisotopic (exact) mass is 656 g/mol. The molecule has 0 atom stereocenters. The number of thiophene rings is 1. The largest absolute Gasteiger partial charge is 0.455 e. The zero-order valence-corrected chi connectivity index (χ0v) is 27.7. The van der Waals surface area contributed by atoms with Crippen molar-refractivity contribution in [2.45, 2.75) is 0 Å². The number of para-hydroxylation sites is 3. The molecule has 234 valence electrons. The summed E-state index contributed by atoms with van der Waals surface area (Å²) in [5.41, 5.74) is 8.64. The lowest BCUT2D eigenvalue weighted by Gasteiger charge is -2.27. The summed E-state index contributed by atoms with van der Waals surface area (Å²) in [7, 11) is 0. The van der Waals surface area contributed by atoms with E-state index < -0.39 is 0 Å². The molecule has 0 fully saturated rings. The van der Waals surface area contributed by atoms with Gasteiger partial charge >= 0.3 is 0 Å². The van der Waals surface area contributed by atoms with E-state index in [1.807, 2.05) is 17.4 Å². The first kappa shape index (κ1) is 27.6. The van der Waals surface area contributed by atoms with Gasteiger partial charge in [0, 0.05) is 69.6 Å². The highest BCUT2D eigenvalue weighted by Gasteiger charge is 2.21. The Morgan fingerprint density at radius 2 is 1.06 bits per heavy atom. The standard InChI is InChI=1S/C46H28N2OS/c1-2-11-29(12-3-1)48-41-17-7-4-13-32(41)33-23-21-31(28-42(33)48)47(30-22-26-45-39(27-30)36-15-6-9-20-44(36)50-45)40-18-10-16-37-34(40)24-25-38-35-14-5-8-19-43(35)49-46(37)38/h1-28H. The number of rotatable bonds is 4. The van der Waals surface area contributed by atoms with Crippen LogP contribution in [0.3, 0.4) is 0 Å². The van der Waals surface area contributed by atoms with E-state index in [-0.39, 0.29) is 0 Å². The molecule has 3 heterocycles. The van der Waals surface area contributed by atoms with Crippen molar-refractivity contribution in [3.05, 3.63) is 170 Å². The smallest absolute Gasteiger partial charge is 0.143 e. The van der Waals surface area contributed by atoms with Crippen molar-refractivity contribution in [1.82, 2.24) is 4.57 Å². The topological polar surface area (TPSA) is 21.3 Å². The summed E-state index contributed by atoms with van der Waals surface area (Å²) in [5, 5.41) is 9.55. The van der Waals surface area contributed by atoms with Crippen LogP contribution in [0.25, 0.3) is 80.4 Å². The van der Waals surface area contributed by atoms with Gasteiger partial charge in [-0.05, 0) is 72.8 Å². The summed E-state index contributed by atoms with van der Waals surface area (Å²) >= 11 is 1.85. The molecule has 4 heteroatoms. The van der Waals surface area contributed by atoms with E-state index in [0.29, 0.717) is 0 Å². The Balaban J connectivity index is 1.22. The van der Waals surface area contributed by atoms with Crippen LogP contribution < -0.4 is 4.90 Å². The SMILES string of the molecule is c1ccc(-n2c3ccccc3c3ccc(N(c4ccc5sc6ccccc6c5c4)c4cccc5c4ccc4c6ccccc6oc54)cc32)cc1. The molecule has 3 aromatic heterocycles. The molecule has 0 aliphatic heterocycles. The van der Waals surface area contributed by atoms with E-state index in [0.717, 1.165) is 55.5 Å². The first-order valence-corrected chi connectivity index (χ1v) is 17.7. The van der Waals surface area contributed by atoms with Crippen LogP contribution in [0.2, 0.25) is 0 Å². The highest BCUT2D eigenvalue weighted by Crippen LogP contribution is 2.46. The number of aromatic nitrogens is 1. The molecule has 0 unspecified atom stereocenters. The molecule has 0 saturated carbocycles. The van der Waals surface area contributed by atoms with Gasteiger partial charge in [0.2, 0.25) is 0 Å². The van der Waals surface area contributed by atoms with Crippen molar-refractivity contribution in [3.63, 3.8) is 0 Å². The van der Waals surface area contributed by atoms with Gasteiger partial charge in [0.25, 0.3) is 0 Å². The molecule has 3 nitrogen and oxygen atoms in total. The second-order valence-electron chi connectivity index (χ2n) is 12.9. The average molecular weight is 657 g/mol. The molecule has 0 N–H and O–H groups in total. The Bertz CT molecular complexity index is 3110. The average Bonchev–Trinajstić information content (AvgIpc) is 3.85. The maximum absolute atomic E-state index is 6.54. The molecule has 0 aliphatic rings. The van der Waals surface area contributed by atoms with Crippen molar-refractivity contribution < 1.29 is 4.42 Å². The zero-order valence-electron chi connectivity index (χ0n) is 26.9. The van der Waals surface area contributed by atoms with Crippen LogP contribution in [0, 0.1) is 0 Å². The Hall–Kier alpha value is -6.36. The van der Waals surface area contributed by atoms with Crippen LogP contribution >= 0.6 is 11.3 Å². The van der Waals surface area contributed by atoms with Gasteiger partial charge < -0.3 is 13.9 Å². The van der Waals surface area contributed by atoms with Crippen molar-refractivity contribution in [3.8, 4) is 5.69 Å². The van der Waals surface area contributed by atoms with Crippen molar-refractivity contribution in [1.29, 1.82) is 0 Å². The van der Waals surface area contributed by atoms with Crippen LogP contribution in [0.5, 0.6) is 0 Å². The minimum Gasteiger partial charge on any atom is -0.455 e. The lowest BCUT2D eigenvalue weighted by molar-refractivity contribution is 0.672. The third kappa shape index (κ3) is 3.97. The minimum absolute atomic E-state index is 0.909. The van der Waals surface area contributed by atoms with Crippen molar-refractivity contribution in [2.24, 2.45) is 0 Å². The second-order valence-corrected chi connectivity index (χ2v) is 14.0. The van der Waals surface area contributed by atoms with Crippen LogP contribution in [-0.2, 0) is 0 Å². The summed E-state index contributed by atoms with van der Waals surface area (Å²) in [5.74, 6) is 0. The molecule has 0 bridgehead atoms. The first-order chi connectivity index (χ1) is 24.8. The summed E-state index contributed by atoms with van der Waals surface area (Å²) in [6.07, 6.45) is 0. The molecule has 0 amide bonds. The van der Waals surface area contributed by atoms with E-state index in [9.17, 15) is 0 Å². The van der Waals surface area contributed by atoms with Gasteiger partial charge in [-0.1, -0.05) is 97.1 Å². The summed E-state index contributed by atoms with van der Waals surface area (Å²) in [6, 6.07) is 61.3. The number of hydrogen-bond acceptors (Lipinski definition) is 3. The normalized spacial score (nSPS) is 12.0. The van der Waals surface area contributed by atoms with Crippen molar-refractivity contribution in [2.75, 3.05) is 4.90 Å². The van der Waals surface area contributed by atoms with Gasteiger partial charge in [0.1, 0.15) is 11.2 Å². The Morgan fingerprint density at radius 3 is 1.98 bits per heavy atom. The number of furan rings is 1. The van der Waals surface area contributed by atoms with Gasteiger partial charge in [-0.25, -0.2) is 0 Å². The fraction of sp³-hybridized carbons (Fsp3) is 0. The number of hydrogen-bond donors (Lipinski definition) is 0. The Labute approximate surface area is 291 Å². The number of nitrogens with zero attached hydrogens (tertiary/aromatic N) is 2. The molecule has 0 saturated heterocycles. The molecule has 0 aliphatic carbocycles. The minimum atomic E-state index is 0.909. The maximum Gasteiger partial charge on any atom is 0.143 e. The highest BCUT2D eigenvalue weighted by atomic mass is 32.1. The number of fused-ring (bicyclic) bond motifs is 11. The highest BCUT2D eigenvalue weighted by molar-refractivity contribution is 7.25. The lowest BCUT2D eigenvalue weighted by atomic mass is 10.0. The third-order valence-electron chi connectivity index (χ3n) is 10.2. The van der Waals surface area contributed by atoms with E-state index in [4.69, 9.17) is 4.42 Å². The Kier molecular flexibility index (Phi) is 5.83. The summed E-state index contributed by atoms with van der Waals surface area (Å²) in [4.78, 5) is 2.43. The fourth-order valence-corrected chi connectivity index (χ4v) is 9.04. The van der Waals surface area contributed by atoms with E-state index in [1.54, 1.807) is 0 Å². The molecule has 0 radical (unpaired) electrons. The second kappa shape index (κ2) is 10.6. The molecular formula is C46H28N2OS. The van der Waals surface area contributed by atoms with Crippen LogP contribution in [0.4, 0.5) is 17.1 Å². The van der Waals surface area contributed by atoms with Crippen LogP contribution in [0.15, 0.2) is 174 Å². The summed E-state index contributed by atoms with van der Waals surface area (Å²) < 4.78 is 11.5. The van der Waals surface area contributed by atoms with Gasteiger partial charge in [0.05, 0.1) is 16.7 Å². The number of benzene rings is 8. The predicted molar refractivity (Wildman–Crippen MR) is 213 cm³/mol. The lowest BCUT2D eigenvalue weighted by Crippen LogP contribution is -2.10. The molecule has 8 aromatic carbocycles. The van der Waals surface area contributed by atoms with Crippen LogP contribution in [-0.4, -0.2) is 4.57 Å². The quantitative estimate of drug-likeness (QED) is 0.188.